The van der Waals surface area contributed by atoms with Crippen molar-refractivity contribution in [1.82, 2.24) is 4.98 Å². The van der Waals surface area contributed by atoms with Crippen molar-refractivity contribution in [2.75, 3.05) is 0 Å². The molecule has 0 amide bonds. The quantitative estimate of drug-likeness (QED) is 0.255. The Morgan fingerprint density at radius 1 is 0.500 bits per heavy atom. The molecule has 0 saturated carbocycles. The molecule has 36 heavy (non-hydrogen) atoms. The number of hydrogen-bond acceptors (Lipinski definition) is 0. The van der Waals surface area contributed by atoms with Crippen molar-refractivity contribution in [1.29, 1.82) is 0 Å². The summed E-state index contributed by atoms with van der Waals surface area (Å²) in [7, 11) is -1.63. The van der Waals surface area contributed by atoms with Gasteiger partial charge in [0.05, 0.1) is 5.52 Å². The zero-order valence-corrected chi connectivity index (χ0v) is 20.4. The van der Waals surface area contributed by atoms with E-state index >= 15 is 0 Å². The van der Waals surface area contributed by atoms with E-state index in [1.165, 1.54) is 63.6 Å². The molecule has 0 bridgehead atoms. The van der Waals surface area contributed by atoms with Gasteiger partial charge < -0.3 is 4.98 Å². The first-order chi connectivity index (χ1) is 17.9. The van der Waals surface area contributed by atoms with Gasteiger partial charge in [0.15, 0.2) is 0 Å². The molecule has 1 nitrogen and oxygen atoms in total. The van der Waals surface area contributed by atoms with Gasteiger partial charge in [0.25, 0.3) is 0 Å². The van der Waals surface area contributed by atoms with E-state index in [0.717, 1.165) is 0 Å². The summed E-state index contributed by atoms with van der Waals surface area (Å²) in [5, 5.41) is 10.4. The van der Waals surface area contributed by atoms with E-state index in [1.54, 1.807) is 0 Å². The summed E-state index contributed by atoms with van der Waals surface area (Å²) in [4.78, 5) is 8.07. The van der Waals surface area contributed by atoms with Crippen LogP contribution in [-0.4, -0.2) is 4.98 Å². The fraction of sp³-hybridized carbons (Fsp3) is 0. The van der Waals surface area contributed by atoms with Crippen molar-refractivity contribution >= 4 is 59.5 Å². The van der Waals surface area contributed by atoms with E-state index in [-0.39, 0.29) is 0 Å². The minimum Gasteiger partial charge on any atom is -0.354 e. The zero-order chi connectivity index (χ0) is 23.7. The lowest BCUT2D eigenvalue weighted by atomic mass is 9.98. The van der Waals surface area contributed by atoms with Gasteiger partial charge in [0.1, 0.15) is 0 Å². The monoisotopic (exact) mass is 477 g/mol. The number of fused-ring (bicyclic) bond motifs is 10. The van der Waals surface area contributed by atoms with Crippen LogP contribution in [0.25, 0.3) is 49.4 Å². The summed E-state index contributed by atoms with van der Waals surface area (Å²) in [5.41, 5.74) is 3.79. The summed E-state index contributed by atoms with van der Waals surface area (Å²) in [5.74, 6) is 0. The summed E-state index contributed by atoms with van der Waals surface area (Å²) in [6.07, 6.45) is 2.40. The Kier molecular flexibility index (Phi) is 4.09. The fourth-order valence-corrected chi connectivity index (χ4v) is 9.88. The molecule has 1 aliphatic heterocycles. The molecule has 0 atom stereocenters. The molecule has 0 radical (unpaired) electrons. The molecular weight excluding hydrogens is 454 g/mol. The lowest BCUT2D eigenvalue weighted by Crippen LogP contribution is -2.00. The molecule has 0 aliphatic carbocycles. The molecule has 0 spiro atoms. The van der Waals surface area contributed by atoms with E-state index in [9.17, 15) is 0 Å². The standard InChI is InChI=1S/C34H23NS/c1-3-12-24(13-4-1)36(25-14-5-2-6-15-25)22-21-29-27-17-9-10-18-28(27)33-32(34(29)36)31-26-16-8-7-11-23(26)19-20-30(31)35-33/h1-22,35H. The molecule has 7 aromatic rings. The van der Waals surface area contributed by atoms with Crippen molar-refractivity contribution in [2.45, 2.75) is 14.7 Å². The van der Waals surface area contributed by atoms with Gasteiger partial charge in [-0.15, -0.1) is 10.0 Å². The Hall–Kier alpha value is -4.27. The number of rotatable bonds is 2. The van der Waals surface area contributed by atoms with Crippen LogP contribution in [0.4, 0.5) is 0 Å². The fourth-order valence-electron chi connectivity index (χ4n) is 6.13. The largest absolute Gasteiger partial charge is 0.354 e. The molecule has 6 aromatic carbocycles. The van der Waals surface area contributed by atoms with Gasteiger partial charge in [0, 0.05) is 36.4 Å². The van der Waals surface area contributed by atoms with E-state index in [1.807, 2.05) is 0 Å². The number of nitrogens with one attached hydrogen (secondary N) is 1. The smallest absolute Gasteiger partial charge is 0.0556 e. The van der Waals surface area contributed by atoms with Gasteiger partial charge in [-0.2, -0.15) is 0 Å². The molecule has 1 aliphatic rings. The predicted molar refractivity (Wildman–Crippen MR) is 155 cm³/mol. The van der Waals surface area contributed by atoms with E-state index in [0.29, 0.717) is 0 Å². The van der Waals surface area contributed by atoms with Crippen LogP contribution in [0, 0.1) is 0 Å². The highest BCUT2D eigenvalue weighted by molar-refractivity contribution is 8.36. The highest BCUT2D eigenvalue weighted by Crippen LogP contribution is 2.75. The highest BCUT2D eigenvalue weighted by atomic mass is 32.3. The van der Waals surface area contributed by atoms with Crippen LogP contribution >= 0.6 is 10.0 Å². The summed E-state index contributed by atoms with van der Waals surface area (Å²) in [6.45, 7) is 0. The van der Waals surface area contributed by atoms with Crippen LogP contribution in [0.5, 0.6) is 0 Å². The molecule has 1 N–H and O–H groups in total. The summed E-state index contributed by atoms with van der Waals surface area (Å²) >= 11 is 0. The maximum Gasteiger partial charge on any atom is 0.0556 e. The molecular formula is C34H23NS. The lowest BCUT2D eigenvalue weighted by Gasteiger charge is -2.37. The third-order valence-corrected chi connectivity index (χ3v) is 11.3. The number of aromatic amines is 1. The Bertz CT molecular complexity index is 1940. The topological polar surface area (TPSA) is 15.8 Å². The lowest BCUT2D eigenvalue weighted by molar-refractivity contribution is 1.34. The summed E-state index contributed by atoms with van der Waals surface area (Å²) in [6, 6.07) is 44.4. The zero-order valence-electron chi connectivity index (χ0n) is 19.6. The average molecular weight is 478 g/mol. The maximum atomic E-state index is 3.87. The molecule has 0 saturated heterocycles. The van der Waals surface area contributed by atoms with Crippen molar-refractivity contribution in [3.63, 3.8) is 0 Å². The van der Waals surface area contributed by atoms with Crippen LogP contribution in [-0.2, 0) is 0 Å². The molecule has 1 aromatic heterocycles. The van der Waals surface area contributed by atoms with Crippen LogP contribution in [0.1, 0.15) is 5.56 Å². The summed E-state index contributed by atoms with van der Waals surface area (Å²) < 4.78 is 0. The normalized spacial score (nSPS) is 15.1. The number of benzene rings is 6. The van der Waals surface area contributed by atoms with Crippen molar-refractivity contribution in [3.8, 4) is 0 Å². The third-order valence-electron chi connectivity index (χ3n) is 7.64. The van der Waals surface area contributed by atoms with Crippen LogP contribution in [0.3, 0.4) is 0 Å². The minimum atomic E-state index is -1.63. The van der Waals surface area contributed by atoms with Gasteiger partial charge in [0.2, 0.25) is 0 Å². The second-order valence-corrected chi connectivity index (χ2v) is 12.4. The Morgan fingerprint density at radius 2 is 1.11 bits per heavy atom. The molecule has 0 unspecified atom stereocenters. The number of aromatic nitrogens is 1. The highest BCUT2D eigenvalue weighted by Gasteiger charge is 2.37. The van der Waals surface area contributed by atoms with Gasteiger partial charge >= 0.3 is 0 Å². The molecule has 0 fully saturated rings. The molecule has 2 heteroatoms. The minimum absolute atomic E-state index is 1.20. The number of H-pyrrole nitrogens is 1. The Labute approximate surface area is 211 Å². The maximum absolute atomic E-state index is 3.87. The van der Waals surface area contributed by atoms with Crippen LogP contribution in [0.2, 0.25) is 0 Å². The first kappa shape index (κ1) is 20.0. The van der Waals surface area contributed by atoms with Gasteiger partial charge in [-0.05, 0) is 63.5 Å². The SMILES string of the molecule is C1=CS(c2ccccc2)(c2ccccc2)c2c1c1ccccc1c1[nH]c3ccc4ccccc4c3c21. The number of hydrogen-bond donors (Lipinski definition) is 1. The molecule has 8 rings (SSSR count). The van der Waals surface area contributed by atoms with E-state index < -0.39 is 10.0 Å². The van der Waals surface area contributed by atoms with Crippen molar-refractivity contribution < 1.29 is 0 Å². The van der Waals surface area contributed by atoms with E-state index in [2.05, 4.69) is 138 Å². The van der Waals surface area contributed by atoms with Gasteiger partial charge in [-0.3, -0.25) is 0 Å². The molecule has 170 valence electrons. The van der Waals surface area contributed by atoms with Crippen LogP contribution < -0.4 is 0 Å². The van der Waals surface area contributed by atoms with Crippen molar-refractivity contribution in [2.24, 2.45) is 0 Å². The predicted octanol–water partition coefficient (Wildman–Crippen LogP) is 9.89. The van der Waals surface area contributed by atoms with Crippen LogP contribution in [0.15, 0.2) is 141 Å². The second kappa shape index (κ2) is 7.36. The van der Waals surface area contributed by atoms with E-state index in [4.69, 9.17) is 0 Å². The Balaban J connectivity index is 1.68. The third kappa shape index (κ3) is 2.52. The van der Waals surface area contributed by atoms with Crippen molar-refractivity contribution in [3.05, 3.63) is 132 Å². The average Bonchev–Trinajstić information content (AvgIpc) is 3.54. The molecule has 2 heterocycles. The van der Waals surface area contributed by atoms with Gasteiger partial charge in [-0.1, -0.05) is 91.0 Å². The Morgan fingerprint density at radius 3 is 1.83 bits per heavy atom. The van der Waals surface area contributed by atoms with Gasteiger partial charge in [-0.25, -0.2) is 0 Å². The first-order valence-electron chi connectivity index (χ1n) is 12.4. The first-order valence-corrected chi connectivity index (χ1v) is 14.1. The second-order valence-electron chi connectivity index (χ2n) is 9.46.